The second kappa shape index (κ2) is 8.42. The Morgan fingerprint density at radius 2 is 2.07 bits per heavy atom. The maximum atomic E-state index is 13.5. The number of rotatable bonds is 4. The number of carbonyl (C=O) groups is 1. The van der Waals surface area contributed by atoms with Gasteiger partial charge in [-0.2, -0.15) is 5.26 Å². The molecule has 0 atom stereocenters. The smallest absolute Gasteiger partial charge is 0.266 e. The molecule has 0 bridgehead atoms. The van der Waals surface area contributed by atoms with Gasteiger partial charge in [0.05, 0.1) is 24.2 Å². The van der Waals surface area contributed by atoms with E-state index in [1.165, 1.54) is 0 Å². The maximum absolute atomic E-state index is 13.5. The molecule has 2 saturated heterocycles. The summed E-state index contributed by atoms with van der Waals surface area (Å²) in [6, 6.07) is 4.28. The largest absolute Gasteiger partial charge is 0.381 e. The van der Waals surface area contributed by atoms with Crippen molar-refractivity contribution in [1.82, 2.24) is 9.88 Å². The number of piperidine rings is 1. The summed E-state index contributed by atoms with van der Waals surface area (Å²) in [7, 11) is 0. The molecule has 1 N–H and O–H groups in total. The van der Waals surface area contributed by atoms with Crippen LogP contribution >= 0.6 is 0 Å². The van der Waals surface area contributed by atoms with E-state index in [0.29, 0.717) is 25.5 Å². The number of fused-ring (bicyclic) bond motifs is 1. The Bertz CT molecular complexity index is 832. The summed E-state index contributed by atoms with van der Waals surface area (Å²) in [5.41, 5.74) is 2.82. The molecule has 0 saturated carbocycles. The molecule has 1 aromatic heterocycles. The van der Waals surface area contributed by atoms with Gasteiger partial charge in [-0.3, -0.25) is 9.78 Å². The molecule has 2 fully saturated rings. The average Bonchev–Trinajstić information content (AvgIpc) is 3.21. The number of amides is 1. The van der Waals surface area contributed by atoms with Crippen molar-refractivity contribution in [3.8, 4) is 6.07 Å². The van der Waals surface area contributed by atoms with Gasteiger partial charge < -0.3 is 19.9 Å². The zero-order chi connectivity index (χ0) is 20.3. The fourth-order valence-corrected chi connectivity index (χ4v) is 4.87. The molecular formula is C22H29N5O2. The highest BCUT2D eigenvalue weighted by Crippen LogP contribution is 2.48. The van der Waals surface area contributed by atoms with Crippen LogP contribution in [-0.2, 0) is 9.53 Å². The maximum Gasteiger partial charge on any atom is 0.266 e. The van der Waals surface area contributed by atoms with Crippen LogP contribution in [0.2, 0.25) is 0 Å². The van der Waals surface area contributed by atoms with Crippen LogP contribution in [0.1, 0.15) is 45.4 Å². The lowest BCUT2D eigenvalue weighted by molar-refractivity contribution is -0.127. The molecule has 154 valence electrons. The molecule has 4 heterocycles. The van der Waals surface area contributed by atoms with Crippen molar-refractivity contribution < 1.29 is 9.53 Å². The number of ether oxygens (including phenoxy) is 1. The Hall–Kier alpha value is -2.59. The number of nitrogens with zero attached hydrogens (tertiary/aromatic N) is 4. The number of likely N-dealkylation sites (tertiary alicyclic amines) is 1. The number of hydrogen-bond donors (Lipinski definition) is 1. The van der Waals surface area contributed by atoms with Gasteiger partial charge >= 0.3 is 0 Å². The minimum absolute atomic E-state index is 0.121. The molecule has 1 amide bonds. The number of allylic oxidation sites excluding steroid dienone is 1. The predicted octanol–water partition coefficient (Wildman–Crippen LogP) is 3.27. The summed E-state index contributed by atoms with van der Waals surface area (Å²) in [6.45, 7) is 5.47. The van der Waals surface area contributed by atoms with Gasteiger partial charge in [-0.25, -0.2) is 0 Å². The third-order valence-corrected chi connectivity index (χ3v) is 6.62. The second-order valence-electron chi connectivity index (χ2n) is 8.09. The fourth-order valence-electron chi connectivity index (χ4n) is 4.87. The average molecular weight is 396 g/mol. The minimum Gasteiger partial charge on any atom is -0.381 e. The summed E-state index contributed by atoms with van der Waals surface area (Å²) in [6.07, 6.45) is 9.21. The Kier molecular flexibility index (Phi) is 5.72. The van der Waals surface area contributed by atoms with E-state index in [2.05, 4.69) is 28.2 Å². The molecule has 3 aliphatic heterocycles. The standard InChI is InChI=1S/C22H29N5O2/c1-2-22(7-12-29-13-8-22)20(27-16-25-18-15-24-9-6-19(18)27)17(14-23)21(28)26-10-4-3-5-11-26/h6,9,15,25H,2-5,7-8,10-13,16H2,1H3. The van der Waals surface area contributed by atoms with Crippen LogP contribution in [-0.4, -0.2) is 48.8 Å². The van der Waals surface area contributed by atoms with Gasteiger partial charge in [0.25, 0.3) is 5.91 Å². The van der Waals surface area contributed by atoms with E-state index in [1.54, 1.807) is 12.4 Å². The normalized spacial score (nSPS) is 21.7. The topological polar surface area (TPSA) is 81.5 Å². The van der Waals surface area contributed by atoms with Crippen molar-refractivity contribution in [2.24, 2.45) is 5.41 Å². The van der Waals surface area contributed by atoms with Crippen LogP contribution < -0.4 is 10.2 Å². The van der Waals surface area contributed by atoms with Crippen LogP contribution in [0.5, 0.6) is 0 Å². The number of anilines is 2. The van der Waals surface area contributed by atoms with E-state index in [9.17, 15) is 10.1 Å². The van der Waals surface area contributed by atoms with Crippen molar-refractivity contribution in [3.05, 3.63) is 29.7 Å². The van der Waals surface area contributed by atoms with Crippen molar-refractivity contribution in [3.63, 3.8) is 0 Å². The van der Waals surface area contributed by atoms with E-state index in [1.807, 2.05) is 11.0 Å². The Balaban J connectivity index is 1.84. The fraction of sp³-hybridized carbons (Fsp3) is 0.591. The molecule has 0 spiro atoms. The van der Waals surface area contributed by atoms with E-state index in [-0.39, 0.29) is 11.3 Å². The highest BCUT2D eigenvalue weighted by Gasteiger charge is 2.43. The molecule has 29 heavy (non-hydrogen) atoms. The molecule has 0 unspecified atom stereocenters. The molecule has 0 aromatic carbocycles. The lowest BCUT2D eigenvalue weighted by atomic mass is 9.72. The molecule has 0 aliphatic carbocycles. The van der Waals surface area contributed by atoms with E-state index in [0.717, 1.165) is 68.7 Å². The zero-order valence-electron chi connectivity index (χ0n) is 17.1. The van der Waals surface area contributed by atoms with Crippen LogP contribution in [0.15, 0.2) is 29.7 Å². The number of pyridine rings is 1. The molecule has 3 aliphatic rings. The molecular weight excluding hydrogens is 366 g/mol. The number of aromatic nitrogens is 1. The first-order valence-corrected chi connectivity index (χ1v) is 10.7. The van der Waals surface area contributed by atoms with Gasteiger partial charge in [0, 0.05) is 43.6 Å². The monoisotopic (exact) mass is 395 g/mol. The first-order valence-electron chi connectivity index (χ1n) is 10.7. The molecule has 0 radical (unpaired) electrons. The van der Waals surface area contributed by atoms with Crippen molar-refractivity contribution in [1.29, 1.82) is 5.26 Å². The SMILES string of the molecule is CCC1(C(=C(C#N)C(=O)N2CCCCC2)N2CNc3cnccc32)CCOCC1. The van der Waals surface area contributed by atoms with Gasteiger partial charge in [-0.1, -0.05) is 6.92 Å². The summed E-state index contributed by atoms with van der Waals surface area (Å²) >= 11 is 0. The Morgan fingerprint density at radius 1 is 1.31 bits per heavy atom. The first kappa shape index (κ1) is 19.7. The molecule has 7 heteroatoms. The predicted molar refractivity (Wildman–Crippen MR) is 111 cm³/mol. The minimum atomic E-state index is -0.249. The highest BCUT2D eigenvalue weighted by molar-refractivity contribution is 5.99. The van der Waals surface area contributed by atoms with Gasteiger partial charge in [0.15, 0.2) is 0 Å². The first-order chi connectivity index (χ1) is 14.2. The summed E-state index contributed by atoms with van der Waals surface area (Å²) in [4.78, 5) is 21.7. The molecule has 1 aromatic rings. The van der Waals surface area contributed by atoms with Crippen LogP contribution in [0.3, 0.4) is 0 Å². The third-order valence-electron chi connectivity index (χ3n) is 6.62. The number of nitrogens with one attached hydrogen (secondary N) is 1. The van der Waals surface area contributed by atoms with Gasteiger partial charge in [0.2, 0.25) is 0 Å². The van der Waals surface area contributed by atoms with E-state index in [4.69, 9.17) is 4.74 Å². The van der Waals surface area contributed by atoms with Gasteiger partial charge in [-0.05, 0) is 44.6 Å². The number of nitriles is 1. The second-order valence-corrected chi connectivity index (χ2v) is 8.09. The van der Waals surface area contributed by atoms with Crippen LogP contribution in [0.4, 0.5) is 11.4 Å². The van der Waals surface area contributed by atoms with Crippen molar-refractivity contribution in [2.75, 3.05) is 43.2 Å². The molecule has 4 rings (SSSR count). The van der Waals surface area contributed by atoms with Crippen molar-refractivity contribution in [2.45, 2.75) is 45.4 Å². The molecule has 7 nitrogen and oxygen atoms in total. The highest BCUT2D eigenvalue weighted by atomic mass is 16.5. The number of hydrogen-bond acceptors (Lipinski definition) is 6. The van der Waals surface area contributed by atoms with Crippen molar-refractivity contribution >= 4 is 17.3 Å². The quantitative estimate of drug-likeness (QED) is 0.622. The van der Waals surface area contributed by atoms with Gasteiger partial charge in [0.1, 0.15) is 11.6 Å². The van der Waals surface area contributed by atoms with Gasteiger partial charge in [-0.15, -0.1) is 0 Å². The number of carbonyl (C=O) groups excluding carboxylic acids is 1. The van der Waals surface area contributed by atoms with Crippen LogP contribution in [0, 0.1) is 16.7 Å². The van der Waals surface area contributed by atoms with E-state index < -0.39 is 0 Å². The zero-order valence-corrected chi connectivity index (χ0v) is 17.1. The Labute approximate surface area is 172 Å². The summed E-state index contributed by atoms with van der Waals surface area (Å²) in [5.74, 6) is -0.121. The lowest BCUT2D eigenvalue weighted by Crippen LogP contribution is -2.43. The Morgan fingerprint density at radius 3 is 2.76 bits per heavy atom. The van der Waals surface area contributed by atoms with E-state index >= 15 is 0 Å². The summed E-state index contributed by atoms with van der Waals surface area (Å²) < 4.78 is 5.65. The lowest BCUT2D eigenvalue weighted by Gasteiger charge is -2.43. The van der Waals surface area contributed by atoms with Crippen LogP contribution in [0.25, 0.3) is 0 Å². The third kappa shape index (κ3) is 3.58. The summed E-state index contributed by atoms with van der Waals surface area (Å²) in [5, 5.41) is 13.6.